The Morgan fingerprint density at radius 1 is 1.29 bits per heavy atom. The van der Waals surface area contributed by atoms with Crippen molar-refractivity contribution >= 4 is 29.1 Å². The molecule has 0 N–H and O–H groups in total. The van der Waals surface area contributed by atoms with Gasteiger partial charge in [0.05, 0.1) is 11.5 Å². The van der Waals surface area contributed by atoms with E-state index in [-0.39, 0.29) is 11.0 Å². The molecule has 7 heteroatoms. The molecule has 0 aliphatic rings. The smallest absolute Gasteiger partial charge is 0.200 e. The van der Waals surface area contributed by atoms with Gasteiger partial charge in [0.2, 0.25) is 0 Å². The predicted molar refractivity (Wildman–Crippen MR) is 94.5 cm³/mol. The number of benzene rings is 1. The van der Waals surface area contributed by atoms with E-state index in [0.717, 1.165) is 0 Å². The number of nitrogens with zero attached hydrogens (tertiary/aromatic N) is 3. The molecular weight excluding hydrogens is 346 g/mol. The zero-order chi connectivity index (χ0) is 17.1. The lowest BCUT2D eigenvalue weighted by atomic mass is 10.1. The van der Waals surface area contributed by atoms with Crippen LogP contribution < -0.4 is 0 Å². The number of aromatic nitrogens is 3. The van der Waals surface area contributed by atoms with Crippen LogP contribution in [0, 0.1) is 0 Å². The van der Waals surface area contributed by atoms with E-state index in [1.165, 1.54) is 11.8 Å². The minimum atomic E-state index is -0.287. The lowest BCUT2D eigenvalue weighted by Crippen LogP contribution is -2.14. The van der Waals surface area contributed by atoms with Gasteiger partial charge in [-0.05, 0) is 50.2 Å². The maximum Gasteiger partial charge on any atom is 0.200 e. The Balaban J connectivity index is 1.80. The van der Waals surface area contributed by atoms with E-state index in [4.69, 9.17) is 16.0 Å². The average molecular weight is 362 g/mol. The van der Waals surface area contributed by atoms with Crippen molar-refractivity contribution in [3.05, 3.63) is 53.2 Å². The Bertz CT molecular complexity index is 828. The van der Waals surface area contributed by atoms with Crippen LogP contribution in [0.5, 0.6) is 0 Å². The van der Waals surface area contributed by atoms with Gasteiger partial charge in [0.1, 0.15) is 0 Å². The number of Topliss-reactive ketones (excluding diaryl/α,β-unsaturated/α-hetero) is 1. The highest BCUT2D eigenvalue weighted by atomic mass is 35.5. The third kappa shape index (κ3) is 3.39. The van der Waals surface area contributed by atoms with Crippen LogP contribution in [-0.2, 0) is 6.54 Å². The first kappa shape index (κ1) is 16.8. The SMILES string of the molecule is CCn1c(SC(C)C(=O)c2ccc(Cl)cc2)nnc1-c1ccco1. The van der Waals surface area contributed by atoms with Crippen molar-refractivity contribution in [2.45, 2.75) is 30.8 Å². The fourth-order valence-electron chi connectivity index (χ4n) is 2.31. The summed E-state index contributed by atoms with van der Waals surface area (Å²) in [4.78, 5) is 12.6. The second-order valence-corrected chi connectivity index (χ2v) is 6.90. The van der Waals surface area contributed by atoms with Crippen LogP contribution >= 0.6 is 23.4 Å². The number of carbonyl (C=O) groups excluding carboxylic acids is 1. The van der Waals surface area contributed by atoms with Crippen molar-refractivity contribution in [1.29, 1.82) is 0 Å². The summed E-state index contributed by atoms with van der Waals surface area (Å²) in [6, 6.07) is 10.6. The molecule has 0 saturated heterocycles. The predicted octanol–water partition coefficient (Wildman–Crippen LogP) is 4.57. The maximum absolute atomic E-state index is 12.6. The van der Waals surface area contributed by atoms with E-state index in [1.807, 2.05) is 30.5 Å². The van der Waals surface area contributed by atoms with E-state index in [1.54, 1.807) is 30.5 Å². The van der Waals surface area contributed by atoms with Gasteiger partial charge in [0.25, 0.3) is 0 Å². The van der Waals surface area contributed by atoms with Gasteiger partial charge in [-0.25, -0.2) is 0 Å². The Morgan fingerprint density at radius 2 is 2.04 bits per heavy atom. The van der Waals surface area contributed by atoms with E-state index >= 15 is 0 Å². The van der Waals surface area contributed by atoms with E-state index < -0.39 is 0 Å². The van der Waals surface area contributed by atoms with Crippen molar-refractivity contribution in [3.63, 3.8) is 0 Å². The first-order valence-corrected chi connectivity index (χ1v) is 8.79. The van der Waals surface area contributed by atoms with Crippen LogP contribution in [0.2, 0.25) is 5.02 Å². The molecule has 3 rings (SSSR count). The summed E-state index contributed by atoms with van der Waals surface area (Å²) in [5, 5.41) is 9.43. The van der Waals surface area contributed by atoms with Gasteiger partial charge in [-0.3, -0.25) is 9.36 Å². The molecule has 24 heavy (non-hydrogen) atoms. The molecule has 3 aromatic rings. The highest BCUT2D eigenvalue weighted by Gasteiger charge is 2.22. The van der Waals surface area contributed by atoms with Crippen LogP contribution in [0.3, 0.4) is 0 Å². The number of hydrogen-bond acceptors (Lipinski definition) is 5. The molecule has 124 valence electrons. The average Bonchev–Trinajstić information content (AvgIpc) is 3.23. The first-order valence-electron chi connectivity index (χ1n) is 7.53. The number of halogens is 1. The van der Waals surface area contributed by atoms with Gasteiger partial charge in [0.15, 0.2) is 22.5 Å². The fourth-order valence-corrected chi connectivity index (χ4v) is 3.43. The van der Waals surface area contributed by atoms with Crippen LogP contribution in [0.25, 0.3) is 11.6 Å². The normalized spacial score (nSPS) is 12.3. The zero-order valence-electron chi connectivity index (χ0n) is 13.3. The second kappa shape index (κ2) is 7.23. The molecule has 1 unspecified atom stereocenters. The molecule has 0 amide bonds. The van der Waals surface area contributed by atoms with Crippen molar-refractivity contribution < 1.29 is 9.21 Å². The highest BCUT2D eigenvalue weighted by molar-refractivity contribution is 8.00. The zero-order valence-corrected chi connectivity index (χ0v) is 14.8. The molecule has 0 saturated carbocycles. The van der Waals surface area contributed by atoms with Crippen LogP contribution in [0.4, 0.5) is 0 Å². The molecule has 0 fully saturated rings. The Morgan fingerprint density at radius 3 is 2.67 bits per heavy atom. The number of thioether (sulfide) groups is 1. The van der Waals surface area contributed by atoms with Gasteiger partial charge >= 0.3 is 0 Å². The molecule has 0 aliphatic heterocycles. The first-order chi connectivity index (χ1) is 11.6. The summed E-state index contributed by atoms with van der Waals surface area (Å²) < 4.78 is 7.34. The minimum absolute atomic E-state index is 0.0295. The van der Waals surface area contributed by atoms with E-state index in [9.17, 15) is 4.79 Å². The lowest BCUT2D eigenvalue weighted by molar-refractivity contribution is 0.0994. The quantitative estimate of drug-likeness (QED) is 0.475. The van der Waals surface area contributed by atoms with Crippen LogP contribution in [0.1, 0.15) is 24.2 Å². The van der Waals surface area contributed by atoms with Crippen molar-refractivity contribution in [2.75, 3.05) is 0 Å². The molecule has 2 aromatic heterocycles. The Labute approximate surface area is 149 Å². The molecular formula is C17H16ClN3O2S. The van der Waals surface area contributed by atoms with Gasteiger partial charge in [-0.2, -0.15) is 0 Å². The Kier molecular flexibility index (Phi) is 5.06. The highest BCUT2D eigenvalue weighted by Crippen LogP contribution is 2.28. The van der Waals surface area contributed by atoms with Gasteiger partial charge in [0, 0.05) is 17.1 Å². The van der Waals surface area contributed by atoms with Crippen molar-refractivity contribution in [2.24, 2.45) is 0 Å². The van der Waals surface area contributed by atoms with Crippen LogP contribution in [0.15, 0.2) is 52.2 Å². The van der Waals surface area contributed by atoms with Gasteiger partial charge in [-0.1, -0.05) is 23.4 Å². The monoisotopic (exact) mass is 361 g/mol. The number of ketones is 1. The van der Waals surface area contributed by atoms with Crippen molar-refractivity contribution in [1.82, 2.24) is 14.8 Å². The van der Waals surface area contributed by atoms with Crippen LogP contribution in [-0.4, -0.2) is 25.8 Å². The Hall–Kier alpha value is -2.05. The topological polar surface area (TPSA) is 60.9 Å². The molecule has 1 atom stereocenters. The molecule has 0 radical (unpaired) electrons. The summed E-state index contributed by atoms with van der Waals surface area (Å²) in [5.74, 6) is 1.35. The molecule has 0 bridgehead atoms. The summed E-state index contributed by atoms with van der Waals surface area (Å²) in [6.07, 6.45) is 1.60. The molecule has 2 heterocycles. The third-order valence-electron chi connectivity index (χ3n) is 3.55. The summed E-state index contributed by atoms with van der Waals surface area (Å²) in [7, 11) is 0. The lowest BCUT2D eigenvalue weighted by Gasteiger charge is -2.11. The number of hydrogen-bond donors (Lipinski definition) is 0. The number of carbonyl (C=O) groups is 1. The molecule has 0 spiro atoms. The summed E-state index contributed by atoms with van der Waals surface area (Å²) >= 11 is 7.26. The number of furan rings is 1. The minimum Gasteiger partial charge on any atom is -0.461 e. The molecule has 5 nitrogen and oxygen atoms in total. The second-order valence-electron chi connectivity index (χ2n) is 5.16. The largest absolute Gasteiger partial charge is 0.461 e. The van der Waals surface area contributed by atoms with Gasteiger partial charge < -0.3 is 4.42 Å². The molecule has 1 aromatic carbocycles. The third-order valence-corrected chi connectivity index (χ3v) is 4.89. The molecule has 0 aliphatic carbocycles. The van der Waals surface area contributed by atoms with Crippen molar-refractivity contribution in [3.8, 4) is 11.6 Å². The fraction of sp³-hybridized carbons (Fsp3) is 0.235. The van der Waals surface area contributed by atoms with Gasteiger partial charge in [-0.15, -0.1) is 10.2 Å². The summed E-state index contributed by atoms with van der Waals surface area (Å²) in [6.45, 7) is 4.56. The standard InChI is InChI=1S/C17H16ClN3O2S/c1-3-21-16(14-5-4-10-23-14)19-20-17(21)24-11(2)15(22)12-6-8-13(18)9-7-12/h4-11H,3H2,1-2H3. The van der Waals surface area contributed by atoms with E-state index in [2.05, 4.69) is 10.2 Å². The maximum atomic E-state index is 12.6. The number of rotatable bonds is 6. The summed E-state index contributed by atoms with van der Waals surface area (Å²) in [5.41, 5.74) is 0.633. The van der Waals surface area contributed by atoms with E-state index in [0.29, 0.717) is 33.9 Å².